The molecule has 0 spiro atoms. The number of nitrogens with one attached hydrogen (secondary N) is 1. The van der Waals surface area contributed by atoms with E-state index in [4.69, 9.17) is 6.42 Å². The van der Waals surface area contributed by atoms with E-state index in [1.165, 1.54) is 17.0 Å². The Morgan fingerprint density at radius 1 is 1.06 bits per heavy atom. The number of carbonyl (C=O) groups excluding carboxylic acids is 1. The van der Waals surface area contributed by atoms with Gasteiger partial charge in [-0.05, 0) is 48.7 Å². The van der Waals surface area contributed by atoms with E-state index >= 15 is 4.39 Å². The molecular weight excluding hydrogens is 429 g/mol. The molecule has 0 aliphatic carbocycles. The highest BCUT2D eigenvalue weighted by Crippen LogP contribution is 2.40. The summed E-state index contributed by atoms with van der Waals surface area (Å²) in [7, 11) is 2.03. The van der Waals surface area contributed by atoms with Gasteiger partial charge in [0, 0.05) is 49.9 Å². The number of benzene rings is 2. The molecule has 2 aliphatic rings. The Labute approximate surface area is 189 Å². The number of halogens is 3. The van der Waals surface area contributed by atoms with Crippen LogP contribution in [-0.2, 0) is 11.2 Å². The first-order chi connectivity index (χ1) is 15.9. The molecule has 5 rings (SSSR count). The van der Waals surface area contributed by atoms with E-state index in [1.54, 1.807) is 12.1 Å². The molecule has 1 amide bonds. The van der Waals surface area contributed by atoms with Crippen LogP contribution in [0.3, 0.4) is 0 Å². The smallest absolute Gasteiger partial charge is 0.299 e. The van der Waals surface area contributed by atoms with Gasteiger partial charge in [0.1, 0.15) is 17.5 Å². The van der Waals surface area contributed by atoms with Gasteiger partial charge < -0.3 is 19.7 Å². The fourth-order valence-corrected chi connectivity index (χ4v) is 4.96. The summed E-state index contributed by atoms with van der Waals surface area (Å²) >= 11 is 0. The summed E-state index contributed by atoms with van der Waals surface area (Å²) in [4.78, 5) is 21.2. The van der Waals surface area contributed by atoms with Crippen molar-refractivity contribution >= 4 is 22.5 Å². The predicted molar refractivity (Wildman–Crippen MR) is 120 cm³/mol. The van der Waals surface area contributed by atoms with E-state index in [0.29, 0.717) is 34.3 Å². The molecule has 1 N–H and O–H groups in total. The summed E-state index contributed by atoms with van der Waals surface area (Å²) in [6.07, 6.45) is 5.78. The molecule has 3 heterocycles. The van der Waals surface area contributed by atoms with Crippen LogP contribution in [0.25, 0.3) is 10.9 Å². The lowest BCUT2D eigenvalue weighted by atomic mass is 9.92. The molecule has 8 heteroatoms. The average Bonchev–Trinajstić information content (AvgIpc) is 3.17. The summed E-state index contributed by atoms with van der Waals surface area (Å²) in [6, 6.07) is 6.26. The van der Waals surface area contributed by atoms with E-state index in [1.807, 2.05) is 11.9 Å². The van der Waals surface area contributed by atoms with Gasteiger partial charge in [0.15, 0.2) is 0 Å². The van der Waals surface area contributed by atoms with Crippen molar-refractivity contribution in [2.24, 2.45) is 0 Å². The van der Waals surface area contributed by atoms with Gasteiger partial charge in [-0.2, -0.15) is 0 Å². The Morgan fingerprint density at radius 2 is 1.82 bits per heavy atom. The van der Waals surface area contributed by atoms with Crippen molar-refractivity contribution in [2.75, 3.05) is 44.7 Å². The number of amides is 1. The van der Waals surface area contributed by atoms with E-state index in [-0.39, 0.29) is 12.1 Å². The molecule has 1 atom stereocenters. The number of aromatic nitrogens is 1. The number of terminal acetylenes is 1. The topological polar surface area (TPSA) is 42.6 Å². The van der Waals surface area contributed by atoms with Gasteiger partial charge >= 0.3 is 0 Å². The summed E-state index contributed by atoms with van der Waals surface area (Å²) < 4.78 is 43.7. The quantitative estimate of drug-likeness (QED) is 0.606. The van der Waals surface area contributed by atoms with Gasteiger partial charge in [-0.3, -0.25) is 4.79 Å². The largest absolute Gasteiger partial charge is 0.367 e. The zero-order valence-corrected chi connectivity index (χ0v) is 18.2. The van der Waals surface area contributed by atoms with E-state index in [2.05, 4.69) is 15.8 Å². The fraction of sp³-hybridized carbons (Fsp3) is 0.320. The number of anilines is 1. The van der Waals surface area contributed by atoms with Gasteiger partial charge in [-0.25, -0.2) is 13.2 Å². The molecule has 33 heavy (non-hydrogen) atoms. The molecule has 3 aromatic rings. The normalized spacial score (nSPS) is 18.9. The number of hydrogen-bond acceptors (Lipinski definition) is 3. The molecule has 170 valence electrons. The second-order valence-corrected chi connectivity index (χ2v) is 8.62. The van der Waals surface area contributed by atoms with Gasteiger partial charge in [0.25, 0.3) is 5.91 Å². The Bertz CT molecular complexity index is 1290. The first-order valence-electron chi connectivity index (χ1n) is 10.9. The minimum atomic E-state index is -0.733. The Balaban J connectivity index is 1.61. The molecular formula is C25H23F3N4O. The molecule has 2 aliphatic heterocycles. The number of H-pyrrole nitrogens is 1. The Hall–Kier alpha value is -3.44. The Kier molecular flexibility index (Phi) is 5.29. The second-order valence-electron chi connectivity index (χ2n) is 8.62. The van der Waals surface area contributed by atoms with Crippen LogP contribution in [0.2, 0.25) is 0 Å². The van der Waals surface area contributed by atoms with Gasteiger partial charge in [0.2, 0.25) is 0 Å². The SMILES string of the molecule is C#CC(=O)N1CCc2c([nH]c3c(F)cc(F)cc23)C1c1ccc(N2CCN(C)CC2)c(F)c1. The molecule has 0 bridgehead atoms. The molecule has 1 unspecified atom stereocenters. The summed E-state index contributed by atoms with van der Waals surface area (Å²) in [5, 5.41) is 0.426. The number of rotatable bonds is 2. The predicted octanol–water partition coefficient (Wildman–Crippen LogP) is 3.44. The zero-order chi connectivity index (χ0) is 23.3. The van der Waals surface area contributed by atoms with Crippen molar-refractivity contribution < 1.29 is 18.0 Å². The first kappa shape index (κ1) is 21.4. The highest BCUT2D eigenvalue weighted by atomic mass is 19.1. The third-order valence-electron chi connectivity index (χ3n) is 6.67. The molecule has 5 nitrogen and oxygen atoms in total. The lowest BCUT2D eigenvalue weighted by Gasteiger charge is -2.36. The number of carbonyl (C=O) groups is 1. The summed E-state index contributed by atoms with van der Waals surface area (Å²) in [5.41, 5.74) is 2.41. The summed E-state index contributed by atoms with van der Waals surface area (Å²) in [6.45, 7) is 3.38. The van der Waals surface area contributed by atoms with Crippen LogP contribution in [0.4, 0.5) is 18.9 Å². The minimum absolute atomic E-state index is 0.163. The van der Waals surface area contributed by atoms with Crippen LogP contribution >= 0.6 is 0 Å². The van der Waals surface area contributed by atoms with Gasteiger partial charge in [-0.1, -0.05) is 6.07 Å². The van der Waals surface area contributed by atoms with Crippen molar-refractivity contribution in [3.05, 3.63) is 64.6 Å². The molecule has 1 saturated heterocycles. The number of hydrogen-bond donors (Lipinski definition) is 1. The molecule has 0 saturated carbocycles. The second kappa shape index (κ2) is 8.16. The number of piperazine rings is 1. The maximum atomic E-state index is 15.3. The molecule has 1 fully saturated rings. The third kappa shape index (κ3) is 3.62. The monoisotopic (exact) mass is 452 g/mol. The van der Waals surface area contributed by atoms with Crippen LogP contribution < -0.4 is 4.90 Å². The van der Waals surface area contributed by atoms with Crippen molar-refractivity contribution in [3.63, 3.8) is 0 Å². The number of fused-ring (bicyclic) bond motifs is 3. The van der Waals surface area contributed by atoms with Gasteiger partial charge in [0.05, 0.1) is 17.2 Å². The maximum absolute atomic E-state index is 15.3. The minimum Gasteiger partial charge on any atom is -0.367 e. The maximum Gasteiger partial charge on any atom is 0.299 e. The number of nitrogens with zero attached hydrogens (tertiary/aromatic N) is 3. The zero-order valence-electron chi connectivity index (χ0n) is 18.2. The fourth-order valence-electron chi connectivity index (χ4n) is 4.96. The highest BCUT2D eigenvalue weighted by molar-refractivity contribution is 5.94. The van der Waals surface area contributed by atoms with Crippen molar-refractivity contribution in [3.8, 4) is 12.3 Å². The first-order valence-corrected chi connectivity index (χ1v) is 10.9. The molecule has 1 aromatic heterocycles. The van der Waals surface area contributed by atoms with Crippen LogP contribution in [0.15, 0.2) is 30.3 Å². The van der Waals surface area contributed by atoms with E-state index < -0.39 is 29.4 Å². The standard InChI is InChI=1S/C25H23F3N4O/c1-3-22(33)32-7-6-17-18-13-16(26)14-20(28)23(18)29-24(17)25(32)15-4-5-21(19(27)12-15)31-10-8-30(2)9-11-31/h1,4-5,12-14,25,29H,6-11H2,2H3. The number of aromatic amines is 1. The lowest BCUT2D eigenvalue weighted by molar-refractivity contribution is -0.127. The number of likely N-dealkylation sites (N-methyl/N-ethyl adjacent to an activating group) is 1. The van der Waals surface area contributed by atoms with E-state index in [9.17, 15) is 13.6 Å². The van der Waals surface area contributed by atoms with Crippen molar-refractivity contribution in [1.29, 1.82) is 0 Å². The van der Waals surface area contributed by atoms with Crippen molar-refractivity contribution in [2.45, 2.75) is 12.5 Å². The van der Waals surface area contributed by atoms with Crippen LogP contribution in [0.1, 0.15) is 22.9 Å². The highest BCUT2D eigenvalue weighted by Gasteiger charge is 2.35. The van der Waals surface area contributed by atoms with Crippen molar-refractivity contribution in [1.82, 2.24) is 14.8 Å². The van der Waals surface area contributed by atoms with Crippen LogP contribution in [-0.4, -0.2) is 60.5 Å². The average molecular weight is 452 g/mol. The van der Waals surface area contributed by atoms with Crippen LogP contribution in [0.5, 0.6) is 0 Å². The summed E-state index contributed by atoms with van der Waals surface area (Å²) in [5.74, 6) is -0.202. The van der Waals surface area contributed by atoms with Crippen LogP contribution in [0, 0.1) is 29.8 Å². The molecule has 2 aromatic carbocycles. The molecule has 0 radical (unpaired) electrons. The third-order valence-corrected chi connectivity index (χ3v) is 6.67. The van der Waals surface area contributed by atoms with E-state index in [0.717, 1.165) is 32.2 Å². The Morgan fingerprint density at radius 3 is 2.52 bits per heavy atom. The lowest BCUT2D eigenvalue weighted by Crippen LogP contribution is -2.44. The van der Waals surface area contributed by atoms with Gasteiger partial charge in [-0.15, -0.1) is 6.42 Å².